The fourth-order valence-corrected chi connectivity index (χ4v) is 4.01. The molecule has 1 heterocycles. The molecule has 0 unspecified atom stereocenters. The molecule has 1 saturated heterocycles. The third kappa shape index (κ3) is 4.40. The number of likely N-dealkylation sites (N-methyl/N-ethyl adjacent to an activating group) is 1. The van der Waals surface area contributed by atoms with Crippen molar-refractivity contribution in [3.63, 3.8) is 0 Å². The lowest BCUT2D eigenvalue weighted by Gasteiger charge is -2.33. The molecule has 7 heteroatoms. The highest BCUT2D eigenvalue weighted by Crippen LogP contribution is 2.32. The average molecular weight is 341 g/mol. The lowest BCUT2D eigenvalue weighted by Crippen LogP contribution is -2.53. The normalized spacial score (nSPS) is 21.2. The molecule has 0 aromatic rings. The van der Waals surface area contributed by atoms with Crippen LogP contribution in [0.25, 0.3) is 0 Å². The zero-order chi connectivity index (χ0) is 17.0. The van der Waals surface area contributed by atoms with Crippen LogP contribution in [-0.4, -0.2) is 64.3 Å². The van der Waals surface area contributed by atoms with Gasteiger partial charge in [-0.2, -0.15) is 0 Å². The minimum Gasteiger partial charge on any atom is -0.352 e. The molecule has 2 rings (SSSR count). The summed E-state index contributed by atoms with van der Waals surface area (Å²) >= 11 is 1.61. The predicted octanol–water partition coefficient (Wildman–Crippen LogP) is 1.06. The Bertz CT molecular complexity index is 465. The molecule has 0 spiro atoms. The molecule has 1 N–H and O–H groups in total. The Hall–Kier alpha value is -1.24. The van der Waals surface area contributed by atoms with Crippen LogP contribution in [0.5, 0.6) is 0 Å². The van der Waals surface area contributed by atoms with Gasteiger partial charge in [0.25, 0.3) is 0 Å². The molecule has 0 bridgehead atoms. The van der Waals surface area contributed by atoms with E-state index in [0.29, 0.717) is 18.2 Å². The number of nitrogens with zero attached hydrogens (tertiary/aromatic N) is 2. The van der Waals surface area contributed by atoms with Gasteiger partial charge in [0.05, 0.1) is 12.4 Å². The lowest BCUT2D eigenvalue weighted by atomic mass is 9.84. The molecule has 23 heavy (non-hydrogen) atoms. The molecule has 1 aliphatic heterocycles. The summed E-state index contributed by atoms with van der Waals surface area (Å²) in [5.74, 6) is 1.16. The number of hydrogen-bond donors (Lipinski definition) is 1. The van der Waals surface area contributed by atoms with E-state index in [9.17, 15) is 14.4 Å². The quantitative estimate of drug-likeness (QED) is 0.784. The molecule has 3 amide bonds. The highest BCUT2D eigenvalue weighted by atomic mass is 32.2. The van der Waals surface area contributed by atoms with Crippen LogP contribution in [0.15, 0.2) is 0 Å². The minimum absolute atomic E-state index is 0.0510. The van der Waals surface area contributed by atoms with Crippen LogP contribution < -0.4 is 5.32 Å². The van der Waals surface area contributed by atoms with E-state index in [1.165, 1.54) is 0 Å². The van der Waals surface area contributed by atoms with E-state index in [-0.39, 0.29) is 36.2 Å². The van der Waals surface area contributed by atoms with Crippen molar-refractivity contribution >= 4 is 29.5 Å². The second kappa shape index (κ2) is 8.04. The third-order valence-corrected chi connectivity index (χ3v) is 5.39. The van der Waals surface area contributed by atoms with Gasteiger partial charge in [-0.05, 0) is 33.6 Å². The van der Waals surface area contributed by atoms with Crippen molar-refractivity contribution in [3.05, 3.63) is 0 Å². The van der Waals surface area contributed by atoms with Crippen LogP contribution in [-0.2, 0) is 14.4 Å². The Morgan fingerprint density at radius 3 is 2.52 bits per heavy atom. The van der Waals surface area contributed by atoms with E-state index in [1.807, 2.05) is 20.8 Å². The second-order valence-electron chi connectivity index (χ2n) is 6.53. The Morgan fingerprint density at radius 2 is 2.00 bits per heavy atom. The van der Waals surface area contributed by atoms with Crippen LogP contribution in [0.3, 0.4) is 0 Å². The highest BCUT2D eigenvalue weighted by molar-refractivity contribution is 7.99. The van der Waals surface area contributed by atoms with Crippen molar-refractivity contribution in [1.29, 1.82) is 0 Å². The number of thioether (sulfide) groups is 1. The Kier molecular flexibility index (Phi) is 6.33. The van der Waals surface area contributed by atoms with Gasteiger partial charge in [0.1, 0.15) is 6.04 Å². The number of hydrogen-bond acceptors (Lipinski definition) is 4. The maximum atomic E-state index is 12.8. The summed E-state index contributed by atoms with van der Waals surface area (Å²) in [5.41, 5.74) is 0. The molecule has 1 aliphatic carbocycles. The molecule has 0 aromatic heterocycles. The average Bonchev–Trinajstić information content (AvgIpc) is 2.90. The molecule has 2 aliphatic rings. The van der Waals surface area contributed by atoms with Gasteiger partial charge in [0.15, 0.2) is 0 Å². The van der Waals surface area contributed by atoms with Gasteiger partial charge in [-0.1, -0.05) is 6.42 Å². The molecule has 0 radical (unpaired) electrons. The molecule has 1 atom stereocenters. The van der Waals surface area contributed by atoms with Gasteiger partial charge in [0, 0.05) is 24.3 Å². The van der Waals surface area contributed by atoms with Crippen LogP contribution in [0.4, 0.5) is 0 Å². The van der Waals surface area contributed by atoms with Crippen LogP contribution in [0.1, 0.15) is 40.0 Å². The number of carbonyl (C=O) groups excluding carboxylic acids is 3. The van der Waals surface area contributed by atoms with Gasteiger partial charge in [0.2, 0.25) is 17.7 Å². The molecule has 0 aromatic carbocycles. The first-order valence-corrected chi connectivity index (χ1v) is 9.55. The first kappa shape index (κ1) is 18.1. The predicted molar refractivity (Wildman–Crippen MR) is 90.8 cm³/mol. The third-order valence-electron chi connectivity index (χ3n) is 4.38. The zero-order valence-corrected chi connectivity index (χ0v) is 15.0. The van der Waals surface area contributed by atoms with Crippen molar-refractivity contribution < 1.29 is 14.4 Å². The monoisotopic (exact) mass is 341 g/mol. The Labute approximate surface area is 142 Å². The SMILES string of the molecule is CCN(CC(=O)NC(C)C)C(=O)[C@@H]1CSCN1C(=O)C1CCC1. The van der Waals surface area contributed by atoms with Gasteiger partial charge in [-0.3, -0.25) is 14.4 Å². The van der Waals surface area contributed by atoms with E-state index in [2.05, 4.69) is 5.32 Å². The molecule has 130 valence electrons. The number of rotatable bonds is 6. The van der Waals surface area contributed by atoms with Gasteiger partial charge >= 0.3 is 0 Å². The van der Waals surface area contributed by atoms with Crippen LogP contribution in [0, 0.1) is 5.92 Å². The van der Waals surface area contributed by atoms with Gasteiger partial charge < -0.3 is 15.1 Å². The molecule has 2 fully saturated rings. The smallest absolute Gasteiger partial charge is 0.246 e. The van der Waals surface area contributed by atoms with Crippen molar-refractivity contribution in [3.8, 4) is 0 Å². The molecule has 6 nitrogen and oxygen atoms in total. The fourth-order valence-electron chi connectivity index (χ4n) is 2.85. The van der Waals surface area contributed by atoms with Crippen LogP contribution >= 0.6 is 11.8 Å². The van der Waals surface area contributed by atoms with E-state index in [1.54, 1.807) is 21.6 Å². The summed E-state index contributed by atoms with van der Waals surface area (Å²) in [6, 6.07) is -0.366. The summed E-state index contributed by atoms with van der Waals surface area (Å²) in [7, 11) is 0. The summed E-state index contributed by atoms with van der Waals surface area (Å²) in [4.78, 5) is 40.5. The van der Waals surface area contributed by atoms with E-state index in [4.69, 9.17) is 0 Å². The summed E-state index contributed by atoms with van der Waals surface area (Å²) in [6.07, 6.45) is 2.98. The second-order valence-corrected chi connectivity index (χ2v) is 7.53. The first-order chi connectivity index (χ1) is 10.9. The fraction of sp³-hybridized carbons (Fsp3) is 0.812. The number of carbonyl (C=O) groups is 3. The van der Waals surface area contributed by atoms with Crippen molar-refractivity contribution in [1.82, 2.24) is 15.1 Å². The number of amides is 3. The maximum absolute atomic E-state index is 12.8. The van der Waals surface area contributed by atoms with E-state index in [0.717, 1.165) is 19.3 Å². The highest BCUT2D eigenvalue weighted by Gasteiger charge is 2.40. The maximum Gasteiger partial charge on any atom is 0.246 e. The van der Waals surface area contributed by atoms with Crippen LogP contribution in [0.2, 0.25) is 0 Å². The standard InChI is InChI=1S/C16H27N3O3S/c1-4-18(8-14(20)17-11(2)3)16(22)13-9-23-10-19(13)15(21)12-6-5-7-12/h11-13H,4-10H2,1-3H3,(H,17,20)/t13-/m0/s1. The van der Waals surface area contributed by atoms with Crippen molar-refractivity contribution in [2.75, 3.05) is 24.7 Å². The summed E-state index contributed by atoms with van der Waals surface area (Å²) < 4.78 is 0. The topological polar surface area (TPSA) is 69.7 Å². The van der Waals surface area contributed by atoms with Crippen molar-refractivity contribution in [2.24, 2.45) is 5.92 Å². The Morgan fingerprint density at radius 1 is 1.30 bits per heavy atom. The summed E-state index contributed by atoms with van der Waals surface area (Å²) in [6.45, 7) is 6.17. The minimum atomic E-state index is -0.417. The number of nitrogens with one attached hydrogen (secondary N) is 1. The zero-order valence-electron chi connectivity index (χ0n) is 14.2. The van der Waals surface area contributed by atoms with Crippen molar-refractivity contribution in [2.45, 2.75) is 52.1 Å². The largest absolute Gasteiger partial charge is 0.352 e. The first-order valence-electron chi connectivity index (χ1n) is 8.40. The summed E-state index contributed by atoms with van der Waals surface area (Å²) in [5, 5.41) is 2.80. The Balaban J connectivity index is 1.98. The van der Waals surface area contributed by atoms with E-state index < -0.39 is 6.04 Å². The van der Waals surface area contributed by atoms with E-state index >= 15 is 0 Å². The van der Waals surface area contributed by atoms with Gasteiger partial charge in [-0.25, -0.2) is 0 Å². The molecule has 1 saturated carbocycles. The van der Waals surface area contributed by atoms with Gasteiger partial charge in [-0.15, -0.1) is 11.8 Å². The molecular formula is C16H27N3O3S. The molecular weight excluding hydrogens is 314 g/mol. The lowest BCUT2D eigenvalue weighted by molar-refractivity contribution is -0.148.